The van der Waals surface area contributed by atoms with Gasteiger partial charge in [-0.15, -0.1) is 0 Å². The van der Waals surface area contributed by atoms with E-state index in [1.54, 1.807) is 0 Å². The third-order valence-corrected chi connectivity index (χ3v) is 2.44. The molecular formula is C10H21BO2. The zero-order chi connectivity index (χ0) is 9.36. The zero-order valence-electron chi connectivity index (χ0n) is 8.76. The maximum atomic E-state index is 5.61. The number of rotatable bonds is 6. The Morgan fingerprint density at radius 1 is 1.23 bits per heavy atom. The van der Waals surface area contributed by atoms with Gasteiger partial charge in [-0.2, -0.15) is 0 Å². The molecular weight excluding hydrogens is 163 g/mol. The minimum atomic E-state index is 0.107. The van der Waals surface area contributed by atoms with Crippen LogP contribution >= 0.6 is 0 Å². The van der Waals surface area contributed by atoms with Crippen LogP contribution in [0.4, 0.5) is 0 Å². The van der Waals surface area contributed by atoms with Gasteiger partial charge >= 0.3 is 7.12 Å². The molecule has 1 aliphatic rings. The van der Waals surface area contributed by atoms with Crippen molar-refractivity contribution in [1.29, 1.82) is 0 Å². The summed E-state index contributed by atoms with van der Waals surface area (Å²) in [6.45, 7) is 4.00. The molecule has 0 aromatic carbocycles. The SMILES string of the molecule is CCCCCCOB1CCCCO1. The molecule has 1 saturated heterocycles. The highest BCUT2D eigenvalue weighted by atomic mass is 16.6. The Kier molecular flexibility index (Phi) is 6.29. The van der Waals surface area contributed by atoms with Gasteiger partial charge in [-0.25, -0.2) is 0 Å². The van der Waals surface area contributed by atoms with E-state index in [9.17, 15) is 0 Å². The van der Waals surface area contributed by atoms with Crippen molar-refractivity contribution in [1.82, 2.24) is 0 Å². The fraction of sp³-hybridized carbons (Fsp3) is 1.00. The lowest BCUT2D eigenvalue weighted by molar-refractivity contribution is 0.174. The quantitative estimate of drug-likeness (QED) is 0.466. The van der Waals surface area contributed by atoms with Gasteiger partial charge in [0.15, 0.2) is 0 Å². The van der Waals surface area contributed by atoms with E-state index in [4.69, 9.17) is 9.31 Å². The minimum Gasteiger partial charge on any atom is -0.411 e. The lowest BCUT2D eigenvalue weighted by Crippen LogP contribution is -2.27. The predicted molar refractivity (Wildman–Crippen MR) is 55.8 cm³/mol. The molecule has 76 valence electrons. The van der Waals surface area contributed by atoms with Crippen LogP contribution in [0.2, 0.25) is 6.32 Å². The standard InChI is InChI=1S/C10H21BO2/c1-2-3-4-6-9-12-11-8-5-7-10-13-11/h2-10H2,1H3. The molecule has 0 saturated carbocycles. The van der Waals surface area contributed by atoms with Crippen LogP contribution in [-0.2, 0) is 9.31 Å². The van der Waals surface area contributed by atoms with Crippen LogP contribution in [-0.4, -0.2) is 20.3 Å². The lowest BCUT2D eigenvalue weighted by Gasteiger charge is -2.18. The van der Waals surface area contributed by atoms with Crippen molar-refractivity contribution in [2.45, 2.75) is 51.8 Å². The summed E-state index contributed by atoms with van der Waals surface area (Å²) in [5, 5.41) is 0. The first kappa shape index (κ1) is 11.1. The molecule has 1 aliphatic heterocycles. The molecule has 0 atom stereocenters. The molecule has 0 aromatic rings. The van der Waals surface area contributed by atoms with E-state index in [1.165, 1.54) is 38.5 Å². The topological polar surface area (TPSA) is 18.5 Å². The van der Waals surface area contributed by atoms with Crippen molar-refractivity contribution >= 4 is 7.12 Å². The minimum absolute atomic E-state index is 0.107. The molecule has 0 unspecified atom stereocenters. The van der Waals surface area contributed by atoms with E-state index in [0.29, 0.717) is 0 Å². The molecule has 2 nitrogen and oxygen atoms in total. The monoisotopic (exact) mass is 184 g/mol. The Labute approximate surface area is 82.1 Å². The van der Waals surface area contributed by atoms with Crippen molar-refractivity contribution in [2.75, 3.05) is 13.2 Å². The van der Waals surface area contributed by atoms with Gasteiger partial charge in [-0.1, -0.05) is 32.6 Å². The van der Waals surface area contributed by atoms with Gasteiger partial charge in [0.1, 0.15) is 0 Å². The van der Waals surface area contributed by atoms with E-state index >= 15 is 0 Å². The molecule has 0 spiro atoms. The van der Waals surface area contributed by atoms with Gasteiger partial charge in [0.25, 0.3) is 0 Å². The van der Waals surface area contributed by atoms with Crippen LogP contribution in [0.25, 0.3) is 0 Å². The van der Waals surface area contributed by atoms with E-state index in [0.717, 1.165) is 19.5 Å². The van der Waals surface area contributed by atoms with Gasteiger partial charge in [-0.05, 0) is 19.2 Å². The molecule has 0 bridgehead atoms. The van der Waals surface area contributed by atoms with E-state index < -0.39 is 0 Å². The Bertz CT molecular complexity index is 113. The third kappa shape index (κ3) is 5.32. The zero-order valence-corrected chi connectivity index (χ0v) is 8.76. The highest BCUT2D eigenvalue weighted by Crippen LogP contribution is 2.12. The van der Waals surface area contributed by atoms with E-state index in [1.807, 2.05) is 0 Å². The highest BCUT2D eigenvalue weighted by molar-refractivity contribution is 6.44. The van der Waals surface area contributed by atoms with Crippen LogP contribution in [0.3, 0.4) is 0 Å². The summed E-state index contributed by atoms with van der Waals surface area (Å²) in [6, 6.07) is 0. The molecule has 13 heavy (non-hydrogen) atoms. The van der Waals surface area contributed by atoms with Gasteiger partial charge in [-0.3, -0.25) is 0 Å². The van der Waals surface area contributed by atoms with E-state index in [2.05, 4.69) is 6.92 Å². The molecule has 3 heteroatoms. The average molecular weight is 184 g/mol. The first-order valence-electron chi connectivity index (χ1n) is 5.66. The Balaban J connectivity index is 1.86. The normalized spacial score (nSPS) is 17.8. The van der Waals surface area contributed by atoms with E-state index in [-0.39, 0.29) is 7.12 Å². The predicted octanol–water partition coefficient (Wildman–Crippen LogP) is 2.88. The first-order valence-corrected chi connectivity index (χ1v) is 5.66. The van der Waals surface area contributed by atoms with Crippen LogP contribution < -0.4 is 0 Å². The van der Waals surface area contributed by atoms with Crippen molar-refractivity contribution in [2.24, 2.45) is 0 Å². The fourth-order valence-corrected chi connectivity index (χ4v) is 1.59. The number of hydrogen-bond donors (Lipinski definition) is 0. The fourth-order valence-electron chi connectivity index (χ4n) is 1.59. The lowest BCUT2D eigenvalue weighted by atomic mass is 9.80. The van der Waals surface area contributed by atoms with Gasteiger partial charge < -0.3 is 9.31 Å². The first-order chi connectivity index (χ1) is 6.43. The third-order valence-electron chi connectivity index (χ3n) is 2.44. The van der Waals surface area contributed by atoms with Crippen molar-refractivity contribution in [3.8, 4) is 0 Å². The average Bonchev–Trinajstić information content (AvgIpc) is 2.19. The van der Waals surface area contributed by atoms with Crippen LogP contribution in [0.15, 0.2) is 0 Å². The summed E-state index contributed by atoms with van der Waals surface area (Å²) in [6.07, 6.45) is 8.66. The molecule has 0 aromatic heterocycles. The molecule has 0 aliphatic carbocycles. The summed E-state index contributed by atoms with van der Waals surface area (Å²) in [4.78, 5) is 0. The second-order valence-electron chi connectivity index (χ2n) is 3.73. The van der Waals surface area contributed by atoms with Gasteiger partial charge in [0.05, 0.1) is 0 Å². The molecule has 0 N–H and O–H groups in total. The molecule has 0 amide bonds. The summed E-state index contributed by atoms with van der Waals surface area (Å²) in [5.41, 5.74) is 0. The Morgan fingerprint density at radius 3 is 2.85 bits per heavy atom. The molecule has 0 radical (unpaired) electrons. The summed E-state index contributed by atoms with van der Waals surface area (Å²) in [5.74, 6) is 0. The number of unbranched alkanes of at least 4 members (excludes halogenated alkanes) is 3. The van der Waals surface area contributed by atoms with Gasteiger partial charge in [0, 0.05) is 13.2 Å². The summed E-state index contributed by atoms with van der Waals surface area (Å²) in [7, 11) is 0.107. The smallest absolute Gasteiger partial charge is 0.411 e. The maximum absolute atomic E-state index is 5.61. The van der Waals surface area contributed by atoms with Crippen molar-refractivity contribution in [3.05, 3.63) is 0 Å². The molecule has 1 fully saturated rings. The second kappa shape index (κ2) is 7.39. The van der Waals surface area contributed by atoms with Crippen LogP contribution in [0.1, 0.15) is 45.4 Å². The van der Waals surface area contributed by atoms with Crippen LogP contribution in [0.5, 0.6) is 0 Å². The van der Waals surface area contributed by atoms with Gasteiger partial charge in [0.2, 0.25) is 0 Å². The summed E-state index contributed by atoms with van der Waals surface area (Å²) < 4.78 is 11.1. The Morgan fingerprint density at radius 2 is 2.15 bits per heavy atom. The number of hydrogen-bond acceptors (Lipinski definition) is 2. The largest absolute Gasteiger partial charge is 0.456 e. The Hall–Kier alpha value is -0.0151. The molecule has 1 rings (SSSR count). The maximum Gasteiger partial charge on any atom is 0.456 e. The molecule has 1 heterocycles. The highest BCUT2D eigenvalue weighted by Gasteiger charge is 2.20. The van der Waals surface area contributed by atoms with Crippen LogP contribution in [0, 0.1) is 0 Å². The van der Waals surface area contributed by atoms with Crippen molar-refractivity contribution in [3.63, 3.8) is 0 Å². The second-order valence-corrected chi connectivity index (χ2v) is 3.73. The summed E-state index contributed by atoms with van der Waals surface area (Å²) >= 11 is 0. The van der Waals surface area contributed by atoms with Crippen molar-refractivity contribution < 1.29 is 9.31 Å².